The third-order valence-corrected chi connectivity index (χ3v) is 4.17. The van der Waals surface area contributed by atoms with Crippen LogP contribution in [0.3, 0.4) is 0 Å². The zero-order valence-corrected chi connectivity index (χ0v) is 12.6. The maximum atomic E-state index is 13.7. The lowest BCUT2D eigenvalue weighted by atomic mass is 10.1. The lowest BCUT2D eigenvalue weighted by molar-refractivity contribution is 0.0780. The van der Waals surface area contributed by atoms with Crippen LogP contribution in [0.1, 0.15) is 15.9 Å². The molecule has 0 bridgehead atoms. The fourth-order valence-electron chi connectivity index (χ4n) is 1.68. The van der Waals surface area contributed by atoms with Gasteiger partial charge in [0, 0.05) is 19.3 Å². The van der Waals surface area contributed by atoms with Crippen molar-refractivity contribution in [2.75, 3.05) is 12.8 Å². The Morgan fingerprint density at radius 1 is 1.47 bits per heavy atom. The molecule has 6 heteroatoms. The summed E-state index contributed by atoms with van der Waals surface area (Å²) < 4.78 is 14.7. The summed E-state index contributed by atoms with van der Waals surface area (Å²) in [6.45, 7) is 0.435. The van der Waals surface area contributed by atoms with Crippen molar-refractivity contribution in [1.82, 2.24) is 4.90 Å². The molecule has 1 aromatic carbocycles. The molecule has 0 aliphatic rings. The van der Waals surface area contributed by atoms with Gasteiger partial charge in [0.05, 0.1) is 9.35 Å². The van der Waals surface area contributed by atoms with Crippen molar-refractivity contribution < 1.29 is 9.18 Å². The Bertz CT molecular complexity index is 614. The van der Waals surface area contributed by atoms with Crippen molar-refractivity contribution >= 4 is 38.9 Å². The molecule has 0 unspecified atom stereocenters. The smallest absolute Gasteiger partial charge is 0.256 e. The first-order chi connectivity index (χ1) is 8.97. The SMILES string of the molecule is CN(Cc1csc(Br)c1)C(=O)c1ccc(N)cc1F. The molecule has 2 rings (SSSR count). The number of carbonyl (C=O) groups excluding carboxylic acids is 1. The number of rotatable bonds is 3. The average molecular weight is 343 g/mol. The van der Waals surface area contributed by atoms with Gasteiger partial charge in [-0.25, -0.2) is 4.39 Å². The molecule has 0 radical (unpaired) electrons. The molecule has 19 heavy (non-hydrogen) atoms. The summed E-state index contributed by atoms with van der Waals surface area (Å²) in [5, 5.41) is 1.95. The summed E-state index contributed by atoms with van der Waals surface area (Å²) in [6, 6.07) is 6.02. The molecule has 0 saturated heterocycles. The molecule has 1 heterocycles. The molecule has 0 aliphatic carbocycles. The minimum absolute atomic E-state index is 0.0333. The van der Waals surface area contributed by atoms with Gasteiger partial charge in [-0.1, -0.05) is 0 Å². The van der Waals surface area contributed by atoms with Gasteiger partial charge < -0.3 is 10.6 Å². The van der Waals surface area contributed by atoms with Gasteiger partial charge in [-0.05, 0) is 51.1 Å². The molecule has 0 atom stereocenters. The third-order valence-electron chi connectivity index (χ3n) is 2.61. The molecule has 2 N–H and O–H groups in total. The second kappa shape index (κ2) is 5.71. The zero-order chi connectivity index (χ0) is 14.0. The molecule has 3 nitrogen and oxygen atoms in total. The predicted octanol–water partition coefficient (Wildman–Crippen LogP) is 3.50. The Kier molecular flexibility index (Phi) is 4.21. The maximum Gasteiger partial charge on any atom is 0.256 e. The number of nitrogen functional groups attached to an aromatic ring is 1. The van der Waals surface area contributed by atoms with Gasteiger partial charge in [0.15, 0.2) is 0 Å². The third kappa shape index (κ3) is 3.33. The lowest BCUT2D eigenvalue weighted by Crippen LogP contribution is -2.26. The highest BCUT2D eigenvalue weighted by Crippen LogP contribution is 2.22. The van der Waals surface area contributed by atoms with Crippen LogP contribution in [0.25, 0.3) is 0 Å². The number of nitrogens with two attached hydrogens (primary N) is 1. The van der Waals surface area contributed by atoms with Crippen LogP contribution in [-0.2, 0) is 6.54 Å². The molecular formula is C13H12BrFN2OS. The van der Waals surface area contributed by atoms with Crippen LogP contribution >= 0.6 is 27.3 Å². The van der Waals surface area contributed by atoms with Gasteiger partial charge in [0.25, 0.3) is 5.91 Å². The Morgan fingerprint density at radius 3 is 2.79 bits per heavy atom. The number of carbonyl (C=O) groups is 1. The topological polar surface area (TPSA) is 46.3 Å². The number of benzene rings is 1. The normalized spacial score (nSPS) is 10.5. The van der Waals surface area contributed by atoms with Crippen LogP contribution in [-0.4, -0.2) is 17.9 Å². The predicted molar refractivity (Wildman–Crippen MR) is 78.6 cm³/mol. The second-order valence-electron chi connectivity index (χ2n) is 4.16. The van der Waals surface area contributed by atoms with E-state index in [2.05, 4.69) is 15.9 Å². The van der Waals surface area contributed by atoms with E-state index in [9.17, 15) is 9.18 Å². The van der Waals surface area contributed by atoms with Crippen LogP contribution in [0.4, 0.5) is 10.1 Å². The largest absolute Gasteiger partial charge is 0.399 e. The van der Waals surface area contributed by atoms with Crippen molar-refractivity contribution in [3.8, 4) is 0 Å². The fourth-order valence-corrected chi connectivity index (χ4v) is 2.89. The van der Waals surface area contributed by atoms with E-state index in [1.165, 1.54) is 17.0 Å². The maximum absolute atomic E-state index is 13.7. The van der Waals surface area contributed by atoms with E-state index < -0.39 is 5.82 Å². The fraction of sp³-hybridized carbons (Fsp3) is 0.154. The lowest BCUT2D eigenvalue weighted by Gasteiger charge is -2.17. The summed E-state index contributed by atoms with van der Waals surface area (Å²) >= 11 is 4.91. The van der Waals surface area contributed by atoms with Crippen LogP contribution in [0.2, 0.25) is 0 Å². The molecule has 0 saturated carbocycles. The molecule has 0 spiro atoms. The molecule has 1 aromatic heterocycles. The van der Waals surface area contributed by atoms with E-state index in [1.807, 2.05) is 11.4 Å². The summed E-state index contributed by atoms with van der Waals surface area (Å²) in [6.07, 6.45) is 0. The highest BCUT2D eigenvalue weighted by Gasteiger charge is 2.16. The first kappa shape index (κ1) is 14.0. The first-order valence-electron chi connectivity index (χ1n) is 5.51. The molecular weight excluding hydrogens is 331 g/mol. The zero-order valence-electron chi connectivity index (χ0n) is 10.2. The average Bonchev–Trinajstić information content (AvgIpc) is 2.74. The van der Waals surface area contributed by atoms with Gasteiger partial charge in [-0.15, -0.1) is 11.3 Å². The summed E-state index contributed by atoms with van der Waals surface area (Å²) in [5.41, 5.74) is 6.80. The number of anilines is 1. The van der Waals surface area contributed by atoms with E-state index in [0.717, 1.165) is 15.4 Å². The standard InChI is InChI=1S/C13H12BrFN2OS/c1-17(6-8-4-12(14)19-7-8)13(18)10-3-2-9(16)5-11(10)15/h2-5,7H,6,16H2,1H3. The van der Waals surface area contributed by atoms with Gasteiger partial charge >= 0.3 is 0 Å². The summed E-state index contributed by atoms with van der Waals surface area (Å²) in [7, 11) is 1.64. The van der Waals surface area contributed by atoms with Crippen LogP contribution in [0, 0.1) is 5.82 Å². The van der Waals surface area contributed by atoms with E-state index in [0.29, 0.717) is 12.2 Å². The first-order valence-corrected chi connectivity index (χ1v) is 7.18. The van der Waals surface area contributed by atoms with Gasteiger partial charge in [-0.2, -0.15) is 0 Å². The van der Waals surface area contributed by atoms with Crippen LogP contribution in [0.15, 0.2) is 33.4 Å². The van der Waals surface area contributed by atoms with Crippen molar-refractivity contribution in [3.63, 3.8) is 0 Å². The molecule has 0 fully saturated rings. The van der Waals surface area contributed by atoms with E-state index in [-0.39, 0.29) is 11.5 Å². The number of nitrogens with zero attached hydrogens (tertiary/aromatic N) is 1. The van der Waals surface area contributed by atoms with Crippen molar-refractivity contribution in [2.45, 2.75) is 6.54 Å². The Balaban J connectivity index is 2.14. The highest BCUT2D eigenvalue weighted by molar-refractivity contribution is 9.11. The quantitative estimate of drug-likeness (QED) is 0.867. The van der Waals surface area contributed by atoms with Crippen LogP contribution in [0.5, 0.6) is 0 Å². The van der Waals surface area contributed by atoms with Crippen LogP contribution < -0.4 is 5.73 Å². The molecule has 0 aliphatic heterocycles. The van der Waals surface area contributed by atoms with Crippen molar-refractivity contribution in [3.05, 3.63) is 50.4 Å². The minimum atomic E-state index is -0.594. The highest BCUT2D eigenvalue weighted by atomic mass is 79.9. The van der Waals surface area contributed by atoms with Gasteiger partial charge in [-0.3, -0.25) is 4.79 Å². The van der Waals surface area contributed by atoms with E-state index in [4.69, 9.17) is 5.73 Å². The summed E-state index contributed by atoms with van der Waals surface area (Å²) in [5.74, 6) is -0.955. The summed E-state index contributed by atoms with van der Waals surface area (Å²) in [4.78, 5) is 13.6. The second-order valence-corrected chi connectivity index (χ2v) is 6.45. The molecule has 2 aromatic rings. The Labute approximate surface area is 123 Å². The Hall–Kier alpha value is -1.40. The van der Waals surface area contributed by atoms with E-state index >= 15 is 0 Å². The van der Waals surface area contributed by atoms with Crippen molar-refractivity contribution in [2.24, 2.45) is 0 Å². The monoisotopic (exact) mass is 342 g/mol. The Morgan fingerprint density at radius 2 is 2.21 bits per heavy atom. The van der Waals surface area contributed by atoms with Gasteiger partial charge in [0.2, 0.25) is 0 Å². The molecule has 100 valence electrons. The van der Waals surface area contributed by atoms with Gasteiger partial charge in [0.1, 0.15) is 5.82 Å². The number of hydrogen-bond acceptors (Lipinski definition) is 3. The molecule has 1 amide bonds. The number of hydrogen-bond donors (Lipinski definition) is 1. The number of amides is 1. The number of thiophene rings is 1. The minimum Gasteiger partial charge on any atom is -0.399 e. The van der Waals surface area contributed by atoms with E-state index in [1.54, 1.807) is 18.4 Å². The van der Waals surface area contributed by atoms with Crippen molar-refractivity contribution in [1.29, 1.82) is 0 Å². The number of halogens is 2.